The summed E-state index contributed by atoms with van der Waals surface area (Å²) < 4.78 is 33.7. The van der Waals surface area contributed by atoms with Crippen molar-refractivity contribution in [2.75, 3.05) is 31.6 Å². The molecule has 246 valence electrons. The van der Waals surface area contributed by atoms with E-state index in [4.69, 9.17) is 24.2 Å². The summed E-state index contributed by atoms with van der Waals surface area (Å²) in [6.45, 7) is 6.12. The van der Waals surface area contributed by atoms with Gasteiger partial charge >= 0.3 is 0 Å². The van der Waals surface area contributed by atoms with Gasteiger partial charge in [0.2, 0.25) is 12.3 Å². The molecule has 2 saturated carbocycles. The summed E-state index contributed by atoms with van der Waals surface area (Å²) in [7, 11) is 0. The molecular formula is C35H44FN5O5. The van der Waals surface area contributed by atoms with Gasteiger partial charge in [0.05, 0.1) is 12.3 Å². The standard InChI is InChI=1S/C35H44FN5O5/c1-3-40(18-6-20-45-30-7-4-5-19-44-30)34(43)31-32(37-23-42)39-33(41(31)22-26-8-10-27(36)11-9-26)28-12-13-29(38-24(28)2)46-35-16-14-25(21-35)15-17-35/h8-13,23,25,30H,3-7,14-22H2,1-2H3,(H,37,42). The number of carbonyl (C=O) groups is 2. The molecule has 1 atom stereocenters. The van der Waals surface area contributed by atoms with Crippen LogP contribution in [0.4, 0.5) is 10.2 Å². The molecule has 2 aliphatic carbocycles. The van der Waals surface area contributed by atoms with Gasteiger partial charge < -0.3 is 29.0 Å². The van der Waals surface area contributed by atoms with Crippen LogP contribution in [0, 0.1) is 18.7 Å². The Kier molecular flexibility index (Phi) is 9.98. The molecule has 2 amide bonds. The highest BCUT2D eigenvalue weighted by Gasteiger charge is 2.47. The number of amides is 2. The van der Waals surface area contributed by atoms with Gasteiger partial charge in [0, 0.05) is 37.9 Å². The predicted molar refractivity (Wildman–Crippen MR) is 171 cm³/mol. The lowest BCUT2D eigenvalue weighted by Gasteiger charge is -2.27. The molecule has 2 bridgehead atoms. The molecule has 11 heteroatoms. The third-order valence-corrected chi connectivity index (χ3v) is 9.60. The number of nitrogens with one attached hydrogen (secondary N) is 1. The molecule has 0 spiro atoms. The van der Waals surface area contributed by atoms with Crippen LogP contribution in [-0.2, 0) is 20.8 Å². The van der Waals surface area contributed by atoms with E-state index in [-0.39, 0.29) is 41.7 Å². The monoisotopic (exact) mass is 633 g/mol. The second-order valence-electron chi connectivity index (χ2n) is 12.7. The minimum absolute atomic E-state index is 0.120. The third kappa shape index (κ3) is 7.10. The molecular weight excluding hydrogens is 589 g/mol. The van der Waals surface area contributed by atoms with E-state index in [2.05, 4.69) is 5.32 Å². The topological polar surface area (TPSA) is 108 Å². The first-order valence-corrected chi connectivity index (χ1v) is 16.6. The molecule has 6 rings (SSSR count). The van der Waals surface area contributed by atoms with Crippen molar-refractivity contribution in [2.24, 2.45) is 5.92 Å². The first-order valence-electron chi connectivity index (χ1n) is 16.6. The maximum absolute atomic E-state index is 14.2. The number of fused-ring (bicyclic) bond motifs is 2. The van der Waals surface area contributed by atoms with E-state index in [1.807, 2.05) is 26.0 Å². The number of aromatic nitrogens is 3. The Bertz CT molecular complexity index is 1510. The second kappa shape index (κ2) is 14.3. The maximum atomic E-state index is 14.2. The van der Waals surface area contributed by atoms with Crippen LogP contribution in [0.15, 0.2) is 36.4 Å². The number of carbonyl (C=O) groups excluding carboxylic acids is 2. The summed E-state index contributed by atoms with van der Waals surface area (Å²) >= 11 is 0. The first kappa shape index (κ1) is 32.1. The fraction of sp³-hybridized carbons (Fsp3) is 0.543. The van der Waals surface area contributed by atoms with E-state index in [1.165, 1.54) is 25.0 Å². The highest BCUT2D eigenvalue weighted by Crippen LogP contribution is 2.50. The molecule has 1 N–H and O–H groups in total. The average Bonchev–Trinajstić information content (AvgIpc) is 3.76. The number of imidazole rings is 1. The summed E-state index contributed by atoms with van der Waals surface area (Å²) in [4.78, 5) is 37.3. The molecule has 10 nitrogen and oxygen atoms in total. The van der Waals surface area contributed by atoms with Crippen LogP contribution in [0.1, 0.15) is 86.5 Å². The molecule has 3 aromatic rings. The van der Waals surface area contributed by atoms with Crippen LogP contribution in [0.5, 0.6) is 5.88 Å². The smallest absolute Gasteiger partial charge is 0.274 e. The highest BCUT2D eigenvalue weighted by atomic mass is 19.1. The molecule has 3 heterocycles. The Labute approximate surface area is 269 Å². The lowest BCUT2D eigenvalue weighted by Crippen LogP contribution is -2.35. The van der Waals surface area contributed by atoms with Gasteiger partial charge in [0.1, 0.15) is 17.2 Å². The third-order valence-electron chi connectivity index (χ3n) is 9.60. The largest absolute Gasteiger partial charge is 0.471 e. The number of aryl methyl sites for hydroxylation is 1. The van der Waals surface area contributed by atoms with Crippen molar-refractivity contribution >= 4 is 18.1 Å². The SMILES string of the molecule is CCN(CCCOC1CCCCO1)C(=O)c1c(NC=O)nc(-c2ccc(OC34CCC(CC3)C4)nc2C)n1Cc1ccc(F)cc1. The van der Waals surface area contributed by atoms with Crippen LogP contribution >= 0.6 is 0 Å². The fourth-order valence-corrected chi connectivity index (χ4v) is 7.16. The van der Waals surface area contributed by atoms with Crippen LogP contribution in [0.3, 0.4) is 0 Å². The molecule has 2 aromatic heterocycles. The summed E-state index contributed by atoms with van der Waals surface area (Å²) in [5.74, 6) is 1.34. The van der Waals surface area contributed by atoms with Gasteiger partial charge in [-0.15, -0.1) is 0 Å². The van der Waals surface area contributed by atoms with Gasteiger partial charge in [-0.25, -0.2) is 14.4 Å². The zero-order valence-electron chi connectivity index (χ0n) is 26.8. The zero-order valence-corrected chi connectivity index (χ0v) is 26.8. The van der Waals surface area contributed by atoms with E-state index in [1.54, 1.807) is 21.6 Å². The van der Waals surface area contributed by atoms with Gasteiger partial charge in [-0.1, -0.05) is 12.1 Å². The Hall–Kier alpha value is -3.83. The predicted octanol–water partition coefficient (Wildman–Crippen LogP) is 6.12. The Morgan fingerprint density at radius 2 is 1.96 bits per heavy atom. The quantitative estimate of drug-likeness (QED) is 0.168. The van der Waals surface area contributed by atoms with Crippen LogP contribution < -0.4 is 10.1 Å². The number of rotatable bonds is 14. The maximum Gasteiger partial charge on any atom is 0.274 e. The lowest BCUT2D eigenvalue weighted by atomic mass is 9.97. The molecule has 46 heavy (non-hydrogen) atoms. The number of hydrogen-bond acceptors (Lipinski definition) is 7. The fourth-order valence-electron chi connectivity index (χ4n) is 7.16. The lowest BCUT2D eigenvalue weighted by molar-refractivity contribution is -0.162. The van der Waals surface area contributed by atoms with Gasteiger partial charge in [-0.05, 0) is 101 Å². The van der Waals surface area contributed by atoms with Gasteiger partial charge in [0.25, 0.3) is 5.91 Å². The number of ether oxygens (including phenoxy) is 3. The first-order chi connectivity index (χ1) is 22.4. The van der Waals surface area contributed by atoms with Crippen molar-refractivity contribution in [1.29, 1.82) is 0 Å². The molecule has 0 radical (unpaired) electrons. The number of anilines is 1. The van der Waals surface area contributed by atoms with E-state index in [9.17, 15) is 14.0 Å². The summed E-state index contributed by atoms with van der Waals surface area (Å²) in [6.07, 6.45) is 9.59. The molecule has 1 aromatic carbocycles. The minimum Gasteiger partial charge on any atom is -0.471 e. The Balaban J connectivity index is 1.30. The van der Waals surface area contributed by atoms with Crippen molar-refractivity contribution < 1.29 is 28.2 Å². The summed E-state index contributed by atoms with van der Waals surface area (Å²) in [6, 6.07) is 9.92. The molecule has 1 unspecified atom stereocenters. The van der Waals surface area contributed by atoms with Gasteiger partial charge in [0.15, 0.2) is 17.8 Å². The van der Waals surface area contributed by atoms with Crippen molar-refractivity contribution in [3.8, 4) is 17.3 Å². The molecule has 3 aliphatic rings. The minimum atomic E-state index is -0.349. The normalized spacial score (nSPS) is 22.2. The Morgan fingerprint density at radius 3 is 2.61 bits per heavy atom. The van der Waals surface area contributed by atoms with Crippen LogP contribution in [0.25, 0.3) is 11.4 Å². The van der Waals surface area contributed by atoms with E-state index in [0.717, 1.165) is 50.0 Å². The number of nitrogens with zero attached hydrogens (tertiary/aromatic N) is 4. The number of benzene rings is 1. The highest BCUT2D eigenvalue weighted by molar-refractivity contribution is 6.00. The number of pyridine rings is 1. The molecule has 3 fully saturated rings. The van der Waals surface area contributed by atoms with Crippen molar-refractivity contribution in [2.45, 2.75) is 90.1 Å². The Morgan fingerprint density at radius 1 is 1.15 bits per heavy atom. The number of hydrogen-bond donors (Lipinski definition) is 1. The van der Waals surface area contributed by atoms with E-state index >= 15 is 0 Å². The zero-order chi connectivity index (χ0) is 32.1. The van der Waals surface area contributed by atoms with E-state index in [0.29, 0.717) is 62.1 Å². The second-order valence-corrected chi connectivity index (χ2v) is 12.7. The van der Waals surface area contributed by atoms with E-state index < -0.39 is 0 Å². The van der Waals surface area contributed by atoms with Crippen molar-refractivity contribution in [1.82, 2.24) is 19.4 Å². The molecule has 1 saturated heterocycles. The van der Waals surface area contributed by atoms with Crippen molar-refractivity contribution in [3.63, 3.8) is 0 Å². The van der Waals surface area contributed by atoms with Gasteiger partial charge in [-0.3, -0.25) is 9.59 Å². The number of halogens is 1. The molecule has 1 aliphatic heterocycles. The van der Waals surface area contributed by atoms with Crippen LogP contribution in [-0.4, -0.2) is 69.9 Å². The summed E-state index contributed by atoms with van der Waals surface area (Å²) in [5, 5.41) is 2.66. The van der Waals surface area contributed by atoms with Crippen LogP contribution in [0.2, 0.25) is 0 Å². The van der Waals surface area contributed by atoms with Crippen molar-refractivity contribution in [3.05, 3.63) is 59.2 Å². The average molecular weight is 634 g/mol. The van der Waals surface area contributed by atoms with Gasteiger partial charge in [-0.2, -0.15) is 0 Å². The summed E-state index contributed by atoms with van der Waals surface area (Å²) in [5.41, 5.74) is 2.30.